The first kappa shape index (κ1) is 27.2. The van der Waals surface area contributed by atoms with Crippen LogP contribution >= 0.6 is 27.7 Å². The fraction of sp³-hybridized carbons (Fsp3) is 0.483. The number of thioether (sulfide) groups is 1. The minimum absolute atomic E-state index is 0.0179. The summed E-state index contributed by atoms with van der Waals surface area (Å²) in [7, 11) is 0. The molecule has 0 radical (unpaired) electrons. The fourth-order valence-electron chi connectivity index (χ4n) is 6.61. The van der Waals surface area contributed by atoms with Crippen molar-refractivity contribution in [1.82, 2.24) is 10.2 Å². The van der Waals surface area contributed by atoms with Gasteiger partial charge in [0.2, 0.25) is 17.7 Å². The Kier molecular flexibility index (Phi) is 7.89. The van der Waals surface area contributed by atoms with E-state index < -0.39 is 28.7 Å². The van der Waals surface area contributed by atoms with Gasteiger partial charge in [-0.2, -0.15) is 0 Å². The monoisotopic (exact) mass is 599 g/mol. The van der Waals surface area contributed by atoms with Gasteiger partial charge in [-0.15, -0.1) is 11.8 Å². The molecular weight excluding hydrogens is 566 g/mol. The van der Waals surface area contributed by atoms with Crippen LogP contribution in [0.25, 0.3) is 0 Å². The van der Waals surface area contributed by atoms with Crippen LogP contribution in [0.2, 0.25) is 0 Å². The number of rotatable bonds is 9. The van der Waals surface area contributed by atoms with Crippen LogP contribution in [-0.2, 0) is 14.4 Å². The van der Waals surface area contributed by atoms with Crippen LogP contribution in [0.1, 0.15) is 44.7 Å². The van der Waals surface area contributed by atoms with Gasteiger partial charge in [0.15, 0.2) is 0 Å². The van der Waals surface area contributed by atoms with Crippen LogP contribution < -0.4 is 10.6 Å². The van der Waals surface area contributed by atoms with Crippen LogP contribution in [-0.4, -0.2) is 61.2 Å². The topological polar surface area (TPSA) is 98.7 Å². The first-order chi connectivity index (χ1) is 18.3. The Hall–Kier alpha value is -2.36. The normalized spacial score (nSPS) is 31.1. The number of amides is 3. The van der Waals surface area contributed by atoms with E-state index in [1.165, 1.54) is 0 Å². The molecular formula is C29H34BrN3O4S. The third-order valence-electron chi connectivity index (χ3n) is 8.12. The quantitative estimate of drug-likeness (QED) is 0.376. The maximum Gasteiger partial charge on any atom is 0.244 e. The SMILES string of the molecule is CCCC(C)NC(=O)C1N([C@H](CO)c2ccccc2)C(=O)[C@@H]2[C@H](C(=O)Nc3ccccc3)[C@H]3SC12CC3Br. The molecule has 0 aliphatic carbocycles. The van der Waals surface area contributed by atoms with Gasteiger partial charge < -0.3 is 20.6 Å². The molecule has 4 unspecified atom stereocenters. The minimum atomic E-state index is -0.804. The lowest BCUT2D eigenvalue weighted by molar-refractivity contribution is -0.142. The number of aliphatic hydroxyl groups is 1. The van der Waals surface area contributed by atoms with Crippen molar-refractivity contribution in [1.29, 1.82) is 0 Å². The Balaban J connectivity index is 1.56. The summed E-state index contributed by atoms with van der Waals surface area (Å²) in [5.41, 5.74) is 1.44. The molecule has 3 N–H and O–H groups in total. The summed E-state index contributed by atoms with van der Waals surface area (Å²) in [4.78, 5) is 43.7. The second-order valence-electron chi connectivity index (χ2n) is 10.6. The number of carbonyl (C=O) groups is 3. The van der Waals surface area contributed by atoms with Gasteiger partial charge in [0.1, 0.15) is 6.04 Å². The number of nitrogens with one attached hydrogen (secondary N) is 2. The van der Waals surface area contributed by atoms with E-state index in [9.17, 15) is 19.5 Å². The number of nitrogens with zero attached hydrogens (tertiary/aromatic N) is 1. The van der Waals surface area contributed by atoms with Gasteiger partial charge in [0.05, 0.1) is 29.2 Å². The summed E-state index contributed by atoms with van der Waals surface area (Å²) in [6.45, 7) is 3.72. The fourth-order valence-corrected chi connectivity index (χ4v) is 10.2. The maximum atomic E-state index is 14.4. The average Bonchev–Trinajstić information content (AvgIpc) is 3.49. The zero-order valence-electron chi connectivity index (χ0n) is 21.5. The van der Waals surface area contributed by atoms with Gasteiger partial charge in [-0.3, -0.25) is 14.4 Å². The number of carbonyl (C=O) groups excluding carboxylic acids is 3. The van der Waals surface area contributed by atoms with E-state index >= 15 is 0 Å². The molecule has 5 rings (SSSR count). The summed E-state index contributed by atoms with van der Waals surface area (Å²) in [5.74, 6) is -1.93. The van der Waals surface area contributed by atoms with Gasteiger partial charge in [0, 0.05) is 21.8 Å². The molecule has 2 aromatic carbocycles. The predicted molar refractivity (Wildman–Crippen MR) is 153 cm³/mol. The standard InChI is InChI=1S/C29H34BrN3O4S/c1-3-10-17(2)31-27(36)25-29-15-20(30)24(38-29)22(26(35)32-19-13-8-5-9-14-19)23(29)28(37)33(25)21(16-34)18-11-6-4-7-12-18/h4-9,11-14,17,20-25,34H,3,10,15-16H2,1-2H3,(H,31,36)(H,32,35)/t17?,20?,21-,22+,23+,24+,25?,29?/m1/s1. The summed E-state index contributed by atoms with van der Waals surface area (Å²) in [6, 6.07) is 17.0. The number of fused-ring (bicyclic) bond motifs is 1. The van der Waals surface area contributed by atoms with Crippen LogP contribution in [0, 0.1) is 11.8 Å². The molecule has 202 valence electrons. The van der Waals surface area contributed by atoms with E-state index in [-0.39, 0.29) is 40.4 Å². The Morgan fingerprint density at radius 2 is 1.79 bits per heavy atom. The van der Waals surface area contributed by atoms with E-state index in [1.54, 1.807) is 16.7 Å². The third kappa shape index (κ3) is 4.56. The van der Waals surface area contributed by atoms with E-state index in [0.29, 0.717) is 12.1 Å². The lowest BCUT2D eigenvalue weighted by Crippen LogP contribution is -2.56. The highest BCUT2D eigenvalue weighted by molar-refractivity contribution is 9.09. The number of hydrogen-bond acceptors (Lipinski definition) is 5. The Bertz CT molecular complexity index is 1180. The van der Waals surface area contributed by atoms with Crippen molar-refractivity contribution < 1.29 is 19.5 Å². The molecule has 8 atom stereocenters. The smallest absolute Gasteiger partial charge is 0.244 e. The van der Waals surface area contributed by atoms with Crippen molar-refractivity contribution in [2.75, 3.05) is 11.9 Å². The molecule has 38 heavy (non-hydrogen) atoms. The van der Waals surface area contributed by atoms with Crippen molar-refractivity contribution in [3.8, 4) is 0 Å². The molecule has 1 spiro atoms. The average molecular weight is 601 g/mol. The van der Waals surface area contributed by atoms with Gasteiger partial charge in [0.25, 0.3) is 0 Å². The molecule has 3 aliphatic rings. The van der Waals surface area contributed by atoms with E-state index in [1.807, 2.05) is 67.6 Å². The Labute approximate surface area is 236 Å². The minimum Gasteiger partial charge on any atom is -0.394 e. The van der Waals surface area contributed by atoms with Gasteiger partial charge in [-0.25, -0.2) is 0 Å². The number of aliphatic hydroxyl groups excluding tert-OH is 1. The third-order valence-corrected chi connectivity index (χ3v) is 11.3. The zero-order chi connectivity index (χ0) is 27.0. The molecule has 3 aliphatic heterocycles. The van der Waals surface area contributed by atoms with Crippen molar-refractivity contribution in [3.05, 3.63) is 66.2 Å². The van der Waals surface area contributed by atoms with Crippen LogP contribution in [0.5, 0.6) is 0 Å². The molecule has 3 amide bonds. The number of benzene rings is 2. The second kappa shape index (κ2) is 11.0. The highest BCUT2D eigenvalue weighted by Gasteiger charge is 2.76. The lowest BCUT2D eigenvalue weighted by atomic mass is 9.70. The zero-order valence-corrected chi connectivity index (χ0v) is 24.0. The van der Waals surface area contributed by atoms with Gasteiger partial charge in [-0.05, 0) is 37.5 Å². The first-order valence-corrected chi connectivity index (χ1v) is 15.1. The number of anilines is 1. The van der Waals surface area contributed by atoms with Crippen molar-refractivity contribution in [2.45, 2.75) is 66.1 Å². The number of para-hydroxylation sites is 1. The van der Waals surface area contributed by atoms with Crippen molar-refractivity contribution in [3.63, 3.8) is 0 Å². The molecule has 0 saturated carbocycles. The van der Waals surface area contributed by atoms with E-state index in [0.717, 1.165) is 18.4 Å². The molecule has 2 aromatic rings. The van der Waals surface area contributed by atoms with Crippen LogP contribution in [0.3, 0.4) is 0 Å². The number of alkyl halides is 1. The van der Waals surface area contributed by atoms with Crippen LogP contribution in [0.15, 0.2) is 60.7 Å². The molecule has 3 saturated heterocycles. The van der Waals surface area contributed by atoms with Crippen molar-refractivity contribution in [2.24, 2.45) is 11.8 Å². The van der Waals surface area contributed by atoms with E-state index in [4.69, 9.17) is 0 Å². The molecule has 9 heteroatoms. The maximum absolute atomic E-state index is 14.4. The molecule has 0 aromatic heterocycles. The van der Waals surface area contributed by atoms with Gasteiger partial charge in [-0.1, -0.05) is 77.8 Å². The van der Waals surface area contributed by atoms with Crippen LogP contribution in [0.4, 0.5) is 5.69 Å². The summed E-state index contributed by atoms with van der Waals surface area (Å²) >= 11 is 5.40. The number of likely N-dealkylation sites (tertiary alicyclic amines) is 1. The number of hydrogen-bond donors (Lipinski definition) is 3. The van der Waals surface area contributed by atoms with Crippen molar-refractivity contribution >= 4 is 51.1 Å². The first-order valence-electron chi connectivity index (χ1n) is 13.3. The lowest BCUT2D eigenvalue weighted by Gasteiger charge is -2.38. The highest BCUT2D eigenvalue weighted by atomic mass is 79.9. The molecule has 3 fully saturated rings. The summed E-state index contributed by atoms with van der Waals surface area (Å²) < 4.78 is -0.771. The molecule has 7 nitrogen and oxygen atoms in total. The predicted octanol–water partition coefficient (Wildman–Crippen LogP) is 4.13. The van der Waals surface area contributed by atoms with Gasteiger partial charge >= 0.3 is 0 Å². The second-order valence-corrected chi connectivity index (χ2v) is 13.3. The highest BCUT2D eigenvalue weighted by Crippen LogP contribution is 2.68. The Morgan fingerprint density at radius 3 is 2.42 bits per heavy atom. The Morgan fingerprint density at radius 1 is 1.13 bits per heavy atom. The molecule has 2 bridgehead atoms. The molecule has 3 heterocycles. The summed E-state index contributed by atoms with van der Waals surface area (Å²) in [5, 5.41) is 16.6. The number of halogens is 1. The summed E-state index contributed by atoms with van der Waals surface area (Å²) in [6.07, 6.45) is 2.34. The largest absolute Gasteiger partial charge is 0.394 e. The van der Waals surface area contributed by atoms with E-state index in [2.05, 4.69) is 33.5 Å².